The first kappa shape index (κ1) is 20.8. The number of nitrogens with zero attached hydrogens (tertiary/aromatic N) is 1. The largest absolute Gasteiger partial charge is 0.321 e. The van der Waals surface area contributed by atoms with E-state index in [1.54, 1.807) is 54.6 Å². The van der Waals surface area contributed by atoms with Crippen molar-refractivity contribution in [2.75, 3.05) is 5.32 Å². The van der Waals surface area contributed by atoms with Gasteiger partial charge in [0.25, 0.3) is 17.5 Å². The molecule has 3 rings (SSSR count). The fourth-order valence-corrected chi connectivity index (χ4v) is 2.83. The van der Waals surface area contributed by atoms with Crippen LogP contribution < -0.4 is 10.6 Å². The number of para-hydroxylation sites is 1. The lowest BCUT2D eigenvalue weighted by Crippen LogP contribution is -2.30. The van der Waals surface area contributed by atoms with E-state index in [2.05, 4.69) is 10.6 Å². The molecule has 0 radical (unpaired) electrons. The number of non-ortho nitro benzene ring substituents is 1. The predicted molar refractivity (Wildman–Crippen MR) is 115 cm³/mol. The molecule has 0 saturated heterocycles. The molecule has 0 aliphatic heterocycles. The molecule has 3 aromatic carbocycles. The van der Waals surface area contributed by atoms with Crippen molar-refractivity contribution in [1.82, 2.24) is 5.32 Å². The number of nitrogens with one attached hydrogen (secondary N) is 2. The van der Waals surface area contributed by atoms with Gasteiger partial charge in [-0.05, 0) is 35.9 Å². The predicted octanol–water partition coefficient (Wildman–Crippen LogP) is 4.66. The smallest absolute Gasteiger partial charge is 0.272 e. The van der Waals surface area contributed by atoms with Gasteiger partial charge in [-0.1, -0.05) is 54.1 Å². The Morgan fingerprint density at radius 2 is 1.63 bits per heavy atom. The van der Waals surface area contributed by atoms with Crippen LogP contribution in [-0.2, 0) is 4.79 Å². The van der Waals surface area contributed by atoms with E-state index >= 15 is 0 Å². The van der Waals surface area contributed by atoms with Gasteiger partial charge in [-0.3, -0.25) is 19.7 Å². The Bertz CT molecular complexity index is 1130. The first-order valence-electron chi connectivity index (χ1n) is 8.82. The van der Waals surface area contributed by atoms with Crippen LogP contribution in [0, 0.1) is 10.1 Å². The van der Waals surface area contributed by atoms with Crippen LogP contribution >= 0.6 is 11.6 Å². The Labute approximate surface area is 177 Å². The molecule has 0 heterocycles. The van der Waals surface area contributed by atoms with Crippen molar-refractivity contribution < 1.29 is 14.5 Å². The average molecular weight is 422 g/mol. The summed E-state index contributed by atoms with van der Waals surface area (Å²) in [5, 5.41) is 16.5. The molecule has 2 N–H and O–H groups in total. The minimum atomic E-state index is -0.590. The van der Waals surface area contributed by atoms with Crippen LogP contribution in [0.25, 0.3) is 6.08 Å². The molecule has 0 unspecified atom stereocenters. The molecule has 3 aromatic rings. The fourth-order valence-electron chi connectivity index (χ4n) is 2.61. The first-order valence-corrected chi connectivity index (χ1v) is 9.20. The van der Waals surface area contributed by atoms with E-state index in [1.165, 1.54) is 30.3 Å². The van der Waals surface area contributed by atoms with E-state index in [4.69, 9.17) is 11.6 Å². The maximum atomic E-state index is 12.8. The first-order chi connectivity index (χ1) is 14.4. The highest BCUT2D eigenvalue weighted by Gasteiger charge is 2.17. The highest BCUT2D eigenvalue weighted by molar-refractivity contribution is 6.34. The zero-order valence-electron chi connectivity index (χ0n) is 15.5. The third kappa shape index (κ3) is 5.30. The number of anilines is 1. The molecule has 0 bridgehead atoms. The Balaban J connectivity index is 1.94. The monoisotopic (exact) mass is 421 g/mol. The third-order valence-electron chi connectivity index (χ3n) is 4.03. The standard InChI is InChI=1S/C22H16ClN3O4/c23-19-12-5-4-11-18(19)21(27)25-20(22(28)24-16-8-2-1-3-9-16)14-15-7-6-10-17(13-15)26(29)30/h1-14H,(H,24,28)(H,25,27). The lowest BCUT2D eigenvalue weighted by Gasteiger charge is -2.12. The van der Waals surface area contributed by atoms with Gasteiger partial charge >= 0.3 is 0 Å². The highest BCUT2D eigenvalue weighted by atomic mass is 35.5. The number of amides is 2. The van der Waals surface area contributed by atoms with Crippen LogP contribution in [0.5, 0.6) is 0 Å². The summed E-state index contributed by atoms with van der Waals surface area (Å²) in [5.41, 5.74) is 0.867. The minimum absolute atomic E-state index is 0.0933. The normalized spacial score (nSPS) is 10.9. The van der Waals surface area contributed by atoms with Crippen molar-refractivity contribution in [1.29, 1.82) is 0 Å². The van der Waals surface area contributed by atoms with Gasteiger partial charge < -0.3 is 10.6 Å². The summed E-state index contributed by atoms with van der Waals surface area (Å²) in [7, 11) is 0. The number of hydrogen-bond acceptors (Lipinski definition) is 4. The summed E-state index contributed by atoms with van der Waals surface area (Å²) in [6, 6.07) is 20.8. The summed E-state index contributed by atoms with van der Waals surface area (Å²) in [6.45, 7) is 0. The van der Waals surface area contributed by atoms with Crippen molar-refractivity contribution in [3.05, 3.63) is 111 Å². The van der Waals surface area contributed by atoms with Gasteiger partial charge in [-0.25, -0.2) is 0 Å². The Hall–Kier alpha value is -3.97. The number of carbonyl (C=O) groups is 2. The number of nitro benzene ring substituents is 1. The average Bonchev–Trinajstić information content (AvgIpc) is 2.74. The van der Waals surface area contributed by atoms with Crippen LogP contribution in [0.4, 0.5) is 11.4 Å². The second-order valence-electron chi connectivity index (χ2n) is 6.16. The van der Waals surface area contributed by atoms with Crippen molar-refractivity contribution in [3.63, 3.8) is 0 Å². The van der Waals surface area contributed by atoms with Crippen molar-refractivity contribution >= 4 is 40.9 Å². The second kappa shape index (κ2) is 9.49. The third-order valence-corrected chi connectivity index (χ3v) is 4.36. The van der Waals surface area contributed by atoms with Gasteiger partial charge in [0.05, 0.1) is 15.5 Å². The van der Waals surface area contributed by atoms with Crippen molar-refractivity contribution in [2.45, 2.75) is 0 Å². The summed E-state index contributed by atoms with van der Waals surface area (Å²) in [5.74, 6) is -1.17. The van der Waals surface area contributed by atoms with Crippen LogP contribution in [-0.4, -0.2) is 16.7 Å². The number of halogens is 1. The summed E-state index contributed by atoms with van der Waals surface area (Å²) >= 11 is 6.07. The molecule has 0 saturated carbocycles. The maximum Gasteiger partial charge on any atom is 0.272 e. The number of nitro groups is 1. The molecule has 150 valence electrons. The van der Waals surface area contributed by atoms with Crippen LogP contribution in [0.2, 0.25) is 5.02 Å². The number of benzene rings is 3. The van der Waals surface area contributed by atoms with E-state index in [1.807, 2.05) is 0 Å². The summed E-state index contributed by atoms with van der Waals surface area (Å²) in [6.07, 6.45) is 1.36. The molecule has 8 heteroatoms. The molecule has 0 fully saturated rings. The van der Waals surface area contributed by atoms with Gasteiger partial charge in [-0.15, -0.1) is 0 Å². The summed E-state index contributed by atoms with van der Waals surface area (Å²) < 4.78 is 0. The van der Waals surface area contributed by atoms with E-state index < -0.39 is 16.7 Å². The van der Waals surface area contributed by atoms with E-state index in [0.717, 1.165) is 0 Å². The molecule has 0 aromatic heterocycles. The Morgan fingerprint density at radius 1 is 0.933 bits per heavy atom. The summed E-state index contributed by atoms with van der Waals surface area (Å²) in [4.78, 5) is 36.0. The van der Waals surface area contributed by atoms with Gasteiger partial charge in [0.2, 0.25) is 0 Å². The molecule has 0 atom stereocenters. The van der Waals surface area contributed by atoms with Gasteiger partial charge in [0.1, 0.15) is 5.70 Å². The quantitative estimate of drug-likeness (QED) is 0.343. The van der Waals surface area contributed by atoms with E-state index in [-0.39, 0.29) is 22.0 Å². The van der Waals surface area contributed by atoms with E-state index in [0.29, 0.717) is 11.3 Å². The Kier molecular flexibility index (Phi) is 6.56. The van der Waals surface area contributed by atoms with Crippen molar-refractivity contribution in [2.24, 2.45) is 0 Å². The lowest BCUT2D eigenvalue weighted by atomic mass is 10.1. The van der Waals surface area contributed by atoms with Crippen LogP contribution in [0.3, 0.4) is 0 Å². The van der Waals surface area contributed by atoms with Crippen molar-refractivity contribution in [3.8, 4) is 0 Å². The number of carbonyl (C=O) groups excluding carboxylic acids is 2. The topological polar surface area (TPSA) is 101 Å². The van der Waals surface area contributed by atoms with Gasteiger partial charge in [-0.2, -0.15) is 0 Å². The molecular weight excluding hydrogens is 406 g/mol. The SMILES string of the molecule is O=C(Nc1ccccc1)C(=Cc1cccc([N+](=O)[O-])c1)NC(=O)c1ccccc1Cl. The van der Waals surface area contributed by atoms with Crippen LogP contribution in [0.15, 0.2) is 84.6 Å². The zero-order chi connectivity index (χ0) is 21.5. The van der Waals surface area contributed by atoms with Gasteiger partial charge in [0, 0.05) is 17.8 Å². The number of rotatable bonds is 6. The second-order valence-corrected chi connectivity index (χ2v) is 6.57. The van der Waals surface area contributed by atoms with Crippen LogP contribution in [0.1, 0.15) is 15.9 Å². The molecule has 0 spiro atoms. The minimum Gasteiger partial charge on any atom is -0.321 e. The fraction of sp³-hybridized carbons (Fsp3) is 0. The van der Waals surface area contributed by atoms with Gasteiger partial charge in [0.15, 0.2) is 0 Å². The molecule has 0 aliphatic rings. The highest BCUT2D eigenvalue weighted by Crippen LogP contribution is 2.18. The molecule has 7 nitrogen and oxygen atoms in total. The molecule has 30 heavy (non-hydrogen) atoms. The zero-order valence-corrected chi connectivity index (χ0v) is 16.3. The molecular formula is C22H16ClN3O4. The molecule has 0 aliphatic carbocycles. The molecule has 2 amide bonds. The maximum absolute atomic E-state index is 12.8. The Morgan fingerprint density at radius 3 is 2.33 bits per heavy atom. The number of hydrogen-bond donors (Lipinski definition) is 2. The lowest BCUT2D eigenvalue weighted by molar-refractivity contribution is -0.384. The van der Waals surface area contributed by atoms with E-state index in [9.17, 15) is 19.7 Å².